The maximum atomic E-state index is 12.3. The molecule has 0 amide bonds. The number of nitrogens with two attached hydrogens (primary N) is 1. The summed E-state index contributed by atoms with van der Waals surface area (Å²) in [6, 6.07) is 12.0. The molecule has 0 saturated carbocycles. The smallest absolute Gasteiger partial charge is 0.261 e. The number of nitrogens with one attached hydrogen (secondary N) is 1. The van der Waals surface area contributed by atoms with Crippen LogP contribution in [0.15, 0.2) is 47.4 Å². The van der Waals surface area contributed by atoms with Crippen molar-refractivity contribution in [3.63, 3.8) is 0 Å². The second-order valence-electron chi connectivity index (χ2n) is 4.51. The monoisotopic (exact) mass is 276 g/mol. The van der Waals surface area contributed by atoms with E-state index in [1.165, 1.54) is 0 Å². The fraction of sp³-hybridized carbons (Fsp3) is 0.143. The van der Waals surface area contributed by atoms with E-state index in [0.29, 0.717) is 11.4 Å². The first kappa shape index (κ1) is 13.4. The highest BCUT2D eigenvalue weighted by Gasteiger charge is 2.15. The van der Waals surface area contributed by atoms with Gasteiger partial charge in [-0.15, -0.1) is 0 Å². The van der Waals surface area contributed by atoms with Gasteiger partial charge in [-0.05, 0) is 49.2 Å². The van der Waals surface area contributed by atoms with Gasteiger partial charge in [0.25, 0.3) is 10.0 Å². The van der Waals surface area contributed by atoms with Crippen LogP contribution in [0.3, 0.4) is 0 Å². The SMILES string of the molecule is Cc1cccc(S(=O)(=O)Nc2cc(C)ccc2N)c1. The summed E-state index contributed by atoms with van der Waals surface area (Å²) in [5.41, 5.74) is 8.42. The molecule has 0 bridgehead atoms. The van der Waals surface area contributed by atoms with Crippen molar-refractivity contribution in [2.24, 2.45) is 0 Å². The van der Waals surface area contributed by atoms with E-state index < -0.39 is 10.0 Å². The van der Waals surface area contributed by atoms with E-state index in [1.54, 1.807) is 30.3 Å². The predicted molar refractivity (Wildman–Crippen MR) is 77.6 cm³/mol. The largest absolute Gasteiger partial charge is 0.397 e. The average molecular weight is 276 g/mol. The number of rotatable bonds is 3. The highest BCUT2D eigenvalue weighted by atomic mass is 32.2. The van der Waals surface area contributed by atoms with Crippen LogP contribution in [-0.4, -0.2) is 8.42 Å². The molecule has 5 heteroatoms. The van der Waals surface area contributed by atoms with Crippen molar-refractivity contribution in [3.05, 3.63) is 53.6 Å². The summed E-state index contributed by atoms with van der Waals surface area (Å²) in [5, 5.41) is 0. The summed E-state index contributed by atoms with van der Waals surface area (Å²) >= 11 is 0. The lowest BCUT2D eigenvalue weighted by atomic mass is 10.2. The van der Waals surface area contributed by atoms with Crippen LogP contribution in [0, 0.1) is 13.8 Å². The quantitative estimate of drug-likeness (QED) is 0.847. The van der Waals surface area contributed by atoms with Gasteiger partial charge in [0.05, 0.1) is 16.3 Å². The zero-order chi connectivity index (χ0) is 14.0. The second-order valence-corrected chi connectivity index (χ2v) is 6.20. The van der Waals surface area contributed by atoms with Crippen LogP contribution < -0.4 is 10.5 Å². The van der Waals surface area contributed by atoms with Gasteiger partial charge in [-0.25, -0.2) is 8.42 Å². The lowest BCUT2D eigenvalue weighted by Crippen LogP contribution is -2.14. The molecule has 0 aliphatic heterocycles. The van der Waals surface area contributed by atoms with Gasteiger partial charge < -0.3 is 5.73 Å². The van der Waals surface area contributed by atoms with Gasteiger partial charge >= 0.3 is 0 Å². The van der Waals surface area contributed by atoms with E-state index in [4.69, 9.17) is 5.73 Å². The zero-order valence-electron chi connectivity index (χ0n) is 10.8. The lowest BCUT2D eigenvalue weighted by molar-refractivity contribution is 0.601. The van der Waals surface area contributed by atoms with Gasteiger partial charge in [0.2, 0.25) is 0 Å². The molecule has 3 N–H and O–H groups in total. The Labute approximate surface area is 113 Å². The third-order valence-electron chi connectivity index (χ3n) is 2.75. The molecular weight excluding hydrogens is 260 g/mol. The summed E-state index contributed by atoms with van der Waals surface area (Å²) < 4.78 is 27.0. The fourth-order valence-corrected chi connectivity index (χ4v) is 2.93. The summed E-state index contributed by atoms with van der Waals surface area (Å²) in [5.74, 6) is 0. The van der Waals surface area contributed by atoms with Crippen LogP contribution >= 0.6 is 0 Å². The number of nitrogen functional groups attached to an aromatic ring is 1. The molecule has 0 radical (unpaired) electrons. The molecule has 2 rings (SSSR count). The van der Waals surface area contributed by atoms with E-state index >= 15 is 0 Å². The van der Waals surface area contributed by atoms with Gasteiger partial charge in [0, 0.05) is 0 Å². The second kappa shape index (κ2) is 4.93. The molecule has 0 atom stereocenters. The fourth-order valence-electron chi connectivity index (χ4n) is 1.74. The van der Waals surface area contributed by atoms with Crippen molar-refractivity contribution >= 4 is 21.4 Å². The van der Waals surface area contributed by atoms with Gasteiger partial charge in [0.15, 0.2) is 0 Å². The maximum absolute atomic E-state index is 12.3. The average Bonchev–Trinajstić information content (AvgIpc) is 2.33. The Bertz CT molecular complexity index is 709. The van der Waals surface area contributed by atoms with Crippen LogP contribution in [0.25, 0.3) is 0 Å². The van der Waals surface area contributed by atoms with Crippen molar-refractivity contribution in [2.45, 2.75) is 18.7 Å². The van der Waals surface area contributed by atoms with Crippen molar-refractivity contribution in [1.29, 1.82) is 0 Å². The Morgan fingerprint density at radius 2 is 1.68 bits per heavy atom. The van der Waals surface area contributed by atoms with Crippen LogP contribution in [0.4, 0.5) is 11.4 Å². The van der Waals surface area contributed by atoms with Crippen LogP contribution in [0.5, 0.6) is 0 Å². The highest BCUT2D eigenvalue weighted by Crippen LogP contribution is 2.23. The molecule has 2 aromatic rings. The molecule has 0 aliphatic rings. The number of sulfonamides is 1. The predicted octanol–water partition coefficient (Wildman–Crippen LogP) is 2.69. The van der Waals surface area contributed by atoms with Crippen molar-refractivity contribution in [3.8, 4) is 0 Å². The molecule has 0 saturated heterocycles. The lowest BCUT2D eigenvalue weighted by Gasteiger charge is -2.11. The molecule has 4 nitrogen and oxygen atoms in total. The number of benzene rings is 2. The molecule has 0 spiro atoms. The van der Waals surface area contributed by atoms with E-state index in [-0.39, 0.29) is 4.90 Å². The van der Waals surface area contributed by atoms with Crippen molar-refractivity contribution in [1.82, 2.24) is 0 Å². The van der Waals surface area contributed by atoms with E-state index in [0.717, 1.165) is 11.1 Å². The first-order valence-corrected chi connectivity index (χ1v) is 7.32. The highest BCUT2D eigenvalue weighted by molar-refractivity contribution is 7.92. The molecule has 0 fully saturated rings. The molecule has 2 aromatic carbocycles. The van der Waals surface area contributed by atoms with Gasteiger partial charge in [-0.2, -0.15) is 0 Å². The molecule has 19 heavy (non-hydrogen) atoms. The minimum Gasteiger partial charge on any atom is -0.397 e. The molecule has 0 unspecified atom stereocenters. The number of hydrogen-bond acceptors (Lipinski definition) is 3. The third-order valence-corrected chi connectivity index (χ3v) is 4.12. The summed E-state index contributed by atoms with van der Waals surface area (Å²) in [6.45, 7) is 3.73. The first-order chi connectivity index (χ1) is 8.88. The Kier molecular flexibility index (Phi) is 3.48. The molecular formula is C14H16N2O2S. The minimum atomic E-state index is -3.61. The van der Waals surface area contributed by atoms with Crippen molar-refractivity contribution in [2.75, 3.05) is 10.5 Å². The molecule has 0 aliphatic carbocycles. The topological polar surface area (TPSA) is 72.2 Å². The summed E-state index contributed by atoms with van der Waals surface area (Å²) in [4.78, 5) is 0.230. The normalized spacial score (nSPS) is 11.3. The van der Waals surface area contributed by atoms with Crippen LogP contribution in [0.2, 0.25) is 0 Å². The van der Waals surface area contributed by atoms with Gasteiger partial charge in [-0.1, -0.05) is 18.2 Å². The molecule has 0 heterocycles. The van der Waals surface area contributed by atoms with E-state index in [2.05, 4.69) is 4.72 Å². The first-order valence-electron chi connectivity index (χ1n) is 5.84. The van der Waals surface area contributed by atoms with Crippen LogP contribution in [0.1, 0.15) is 11.1 Å². The van der Waals surface area contributed by atoms with E-state index in [9.17, 15) is 8.42 Å². The summed E-state index contributed by atoms with van der Waals surface area (Å²) in [6.07, 6.45) is 0. The number of anilines is 2. The van der Waals surface area contributed by atoms with E-state index in [1.807, 2.05) is 26.0 Å². The number of hydrogen-bond donors (Lipinski definition) is 2. The Morgan fingerprint density at radius 3 is 2.37 bits per heavy atom. The minimum absolute atomic E-state index is 0.230. The van der Waals surface area contributed by atoms with Gasteiger partial charge in [-0.3, -0.25) is 4.72 Å². The summed E-state index contributed by atoms with van der Waals surface area (Å²) in [7, 11) is -3.61. The molecule has 0 aromatic heterocycles. The standard InChI is InChI=1S/C14H16N2O2S/c1-10-4-3-5-12(8-10)19(17,18)16-14-9-11(2)6-7-13(14)15/h3-9,16H,15H2,1-2H3. The van der Waals surface area contributed by atoms with Crippen molar-refractivity contribution < 1.29 is 8.42 Å². The Morgan fingerprint density at radius 1 is 1.00 bits per heavy atom. The van der Waals surface area contributed by atoms with Gasteiger partial charge in [0.1, 0.15) is 0 Å². The Hall–Kier alpha value is -2.01. The Balaban J connectivity index is 2.39. The maximum Gasteiger partial charge on any atom is 0.261 e. The third kappa shape index (κ3) is 3.06. The zero-order valence-corrected chi connectivity index (χ0v) is 11.7. The number of aryl methyl sites for hydroxylation is 2. The molecule has 100 valence electrons. The van der Waals surface area contributed by atoms with Crippen LogP contribution in [-0.2, 0) is 10.0 Å².